The largest absolute Gasteiger partial charge is 0.442 e. The fourth-order valence-electron chi connectivity index (χ4n) is 0.279. The van der Waals surface area contributed by atoms with Crippen molar-refractivity contribution in [2.24, 2.45) is 0 Å². The molecule has 0 amide bonds. The molecule has 0 bridgehead atoms. The second-order valence-corrected chi connectivity index (χ2v) is 0.966. The van der Waals surface area contributed by atoms with Crippen LogP contribution in [0.15, 0.2) is 0 Å². The highest BCUT2D eigenvalue weighted by Gasteiger charge is 1.93. The molecular formula is C3H10O4Si. The summed E-state index contributed by atoms with van der Waals surface area (Å²) in [5.74, 6) is 0. The van der Waals surface area contributed by atoms with Gasteiger partial charge in [0.25, 0.3) is 0 Å². The van der Waals surface area contributed by atoms with E-state index in [-0.39, 0.29) is 0 Å². The van der Waals surface area contributed by atoms with Crippen molar-refractivity contribution in [3.63, 3.8) is 0 Å². The third-order valence-electron chi connectivity index (χ3n) is 0.500. The molecule has 0 aromatic rings. The van der Waals surface area contributed by atoms with E-state index < -0.39 is 0 Å². The molecule has 1 aliphatic rings. The third-order valence-corrected chi connectivity index (χ3v) is 0.500. The Morgan fingerprint density at radius 1 is 0.875 bits per heavy atom. The van der Waals surface area contributed by atoms with Crippen LogP contribution in [0.2, 0.25) is 0 Å². The van der Waals surface area contributed by atoms with Crippen molar-refractivity contribution in [1.82, 2.24) is 0 Å². The molecule has 0 aliphatic carbocycles. The fraction of sp³-hybridized carbons (Fsp3) is 1.00. The van der Waals surface area contributed by atoms with Crippen LogP contribution in [0.3, 0.4) is 0 Å². The van der Waals surface area contributed by atoms with E-state index >= 15 is 0 Å². The monoisotopic (exact) mass is 138 g/mol. The molecule has 1 N–H and O–H groups in total. The minimum atomic E-state index is 0.306. The van der Waals surface area contributed by atoms with Crippen molar-refractivity contribution in [3.8, 4) is 0 Å². The minimum Gasteiger partial charge on any atom is -0.442 e. The first-order valence-electron chi connectivity index (χ1n) is 2.18. The third kappa shape index (κ3) is 4.22. The summed E-state index contributed by atoms with van der Waals surface area (Å²) >= 11 is 0. The molecule has 0 aromatic carbocycles. The first-order valence-corrected chi connectivity index (χ1v) is 3.07. The fourth-order valence-corrected chi connectivity index (χ4v) is 0.279. The van der Waals surface area contributed by atoms with Crippen LogP contribution in [0.5, 0.6) is 0 Å². The van der Waals surface area contributed by atoms with Crippen molar-refractivity contribution < 1.29 is 19.0 Å². The number of hydrogen-bond donors (Lipinski definition) is 1. The van der Waals surface area contributed by atoms with Gasteiger partial charge in [0, 0.05) is 0 Å². The molecule has 50 valence electrons. The molecule has 1 heterocycles. The Bertz CT molecular complexity index is 26.8. The zero-order chi connectivity index (χ0) is 6.24. The smallest absolute Gasteiger partial charge is 0.152 e. The lowest BCUT2D eigenvalue weighted by molar-refractivity contribution is -0.247. The predicted octanol–water partition coefficient (Wildman–Crippen LogP) is -1.82. The van der Waals surface area contributed by atoms with E-state index in [4.69, 9.17) is 4.80 Å². The summed E-state index contributed by atoms with van der Waals surface area (Å²) < 4.78 is 13.9. The molecule has 0 atom stereocenters. The van der Waals surface area contributed by atoms with Crippen LogP contribution in [0.1, 0.15) is 0 Å². The van der Waals surface area contributed by atoms with Gasteiger partial charge in [0.15, 0.2) is 20.4 Å². The van der Waals surface area contributed by atoms with Gasteiger partial charge >= 0.3 is 0 Å². The van der Waals surface area contributed by atoms with E-state index in [0.29, 0.717) is 30.9 Å². The molecule has 0 unspecified atom stereocenters. The highest BCUT2D eigenvalue weighted by Crippen LogP contribution is 1.87. The van der Waals surface area contributed by atoms with E-state index in [0.717, 1.165) is 0 Å². The summed E-state index contributed by atoms with van der Waals surface area (Å²) in [5, 5.41) is 0. The topological polar surface area (TPSA) is 47.9 Å². The molecule has 0 radical (unpaired) electrons. The van der Waals surface area contributed by atoms with Gasteiger partial charge in [-0.05, 0) is 0 Å². The SMILES string of the molecule is C1OCOCO1.O[SiH3]. The molecule has 4 nitrogen and oxygen atoms in total. The molecule has 0 saturated carbocycles. The Labute approximate surface area is 50.9 Å². The summed E-state index contributed by atoms with van der Waals surface area (Å²) in [6.07, 6.45) is 0. The molecular weight excluding hydrogens is 128 g/mol. The second kappa shape index (κ2) is 7.06. The van der Waals surface area contributed by atoms with E-state index in [1.165, 1.54) is 0 Å². The maximum absolute atomic E-state index is 7.14. The average molecular weight is 138 g/mol. The van der Waals surface area contributed by atoms with Gasteiger partial charge in [0.1, 0.15) is 10.5 Å². The summed E-state index contributed by atoms with van der Waals surface area (Å²) in [6.45, 7) is 1.12. The van der Waals surface area contributed by atoms with E-state index in [1.54, 1.807) is 0 Å². The van der Waals surface area contributed by atoms with Crippen LogP contribution >= 0.6 is 0 Å². The van der Waals surface area contributed by atoms with Gasteiger partial charge in [0.2, 0.25) is 0 Å². The number of hydrogen-bond acceptors (Lipinski definition) is 4. The van der Waals surface area contributed by atoms with Crippen molar-refractivity contribution >= 4 is 10.5 Å². The molecule has 0 spiro atoms. The lowest BCUT2D eigenvalue weighted by Gasteiger charge is -2.10. The van der Waals surface area contributed by atoms with Gasteiger partial charge in [-0.3, -0.25) is 0 Å². The Hall–Kier alpha value is 0.0569. The van der Waals surface area contributed by atoms with Crippen molar-refractivity contribution in [3.05, 3.63) is 0 Å². The minimum absolute atomic E-state index is 0.306. The molecule has 8 heavy (non-hydrogen) atoms. The molecule has 1 saturated heterocycles. The normalized spacial score (nSPS) is 19.1. The zero-order valence-electron chi connectivity index (χ0n) is 4.79. The molecule has 0 aromatic heterocycles. The van der Waals surface area contributed by atoms with Crippen LogP contribution in [-0.2, 0) is 14.2 Å². The standard InChI is InChI=1S/C3H6O3.H4OSi/c1-4-2-6-3-5-1;1-2/h1-3H2;1H,2H3. The summed E-state index contributed by atoms with van der Waals surface area (Å²) in [4.78, 5) is 7.14. The first kappa shape index (κ1) is 8.06. The quantitative estimate of drug-likeness (QED) is 0.400. The van der Waals surface area contributed by atoms with E-state index in [9.17, 15) is 0 Å². The Kier molecular flexibility index (Phi) is 7.11. The molecule has 1 aliphatic heterocycles. The van der Waals surface area contributed by atoms with Crippen molar-refractivity contribution in [1.29, 1.82) is 0 Å². The van der Waals surface area contributed by atoms with Crippen LogP contribution in [-0.4, -0.2) is 35.7 Å². The Morgan fingerprint density at radius 3 is 1.25 bits per heavy atom. The summed E-state index contributed by atoms with van der Waals surface area (Å²) in [6, 6.07) is 0. The van der Waals surface area contributed by atoms with Gasteiger partial charge in [-0.25, -0.2) is 0 Å². The highest BCUT2D eigenvalue weighted by molar-refractivity contribution is 5.95. The number of ether oxygens (including phenoxy) is 3. The van der Waals surface area contributed by atoms with Crippen molar-refractivity contribution in [2.45, 2.75) is 0 Å². The average Bonchev–Trinajstić information content (AvgIpc) is 1.96. The van der Waals surface area contributed by atoms with Crippen LogP contribution in [0, 0.1) is 0 Å². The van der Waals surface area contributed by atoms with Gasteiger partial charge in [0.05, 0.1) is 0 Å². The first-order chi connectivity index (χ1) is 4.00. The lowest BCUT2D eigenvalue weighted by Crippen LogP contribution is -2.14. The predicted molar refractivity (Wildman–Crippen MR) is 30.0 cm³/mol. The van der Waals surface area contributed by atoms with Gasteiger partial charge in [-0.15, -0.1) is 0 Å². The maximum Gasteiger partial charge on any atom is 0.152 e. The van der Waals surface area contributed by atoms with Crippen molar-refractivity contribution in [2.75, 3.05) is 20.4 Å². The zero-order valence-corrected chi connectivity index (χ0v) is 6.79. The Morgan fingerprint density at radius 2 is 1.12 bits per heavy atom. The second-order valence-electron chi connectivity index (χ2n) is 0.966. The Balaban J connectivity index is 0.000000222. The molecule has 5 heteroatoms. The van der Waals surface area contributed by atoms with Crippen LogP contribution in [0.4, 0.5) is 0 Å². The van der Waals surface area contributed by atoms with E-state index in [2.05, 4.69) is 14.2 Å². The van der Waals surface area contributed by atoms with E-state index in [1.807, 2.05) is 0 Å². The summed E-state index contributed by atoms with van der Waals surface area (Å²) in [7, 11) is 0.306. The highest BCUT2D eigenvalue weighted by atomic mass is 28.2. The molecule has 1 fully saturated rings. The van der Waals surface area contributed by atoms with Gasteiger partial charge in [-0.1, -0.05) is 0 Å². The van der Waals surface area contributed by atoms with Crippen LogP contribution in [0.25, 0.3) is 0 Å². The molecule has 1 rings (SSSR count). The lowest BCUT2D eigenvalue weighted by atomic mass is 11.2. The van der Waals surface area contributed by atoms with Gasteiger partial charge in [-0.2, -0.15) is 0 Å². The van der Waals surface area contributed by atoms with Crippen LogP contribution < -0.4 is 0 Å². The number of rotatable bonds is 0. The maximum atomic E-state index is 7.14. The van der Waals surface area contributed by atoms with Gasteiger partial charge < -0.3 is 19.0 Å². The summed E-state index contributed by atoms with van der Waals surface area (Å²) in [5.41, 5.74) is 0.